The lowest BCUT2D eigenvalue weighted by Gasteiger charge is -2.29. The van der Waals surface area contributed by atoms with Gasteiger partial charge in [0.15, 0.2) is 0 Å². The highest BCUT2D eigenvalue weighted by Crippen LogP contribution is 2.24. The summed E-state index contributed by atoms with van der Waals surface area (Å²) >= 11 is 0. The highest BCUT2D eigenvalue weighted by atomic mass is 17.3. The summed E-state index contributed by atoms with van der Waals surface area (Å²) in [7, 11) is 0. The van der Waals surface area contributed by atoms with Crippen molar-refractivity contribution in [1.29, 1.82) is 0 Å². The highest BCUT2D eigenvalue weighted by Gasteiger charge is 2.37. The van der Waals surface area contributed by atoms with Gasteiger partial charge in [-0.2, -0.15) is 9.78 Å². The average molecular weight is 356 g/mol. The maximum absolute atomic E-state index is 10.9. The summed E-state index contributed by atoms with van der Waals surface area (Å²) in [4.78, 5) is 43.2. The largest absolute Gasteiger partial charge is 0.300 e. The zero-order valence-electron chi connectivity index (χ0n) is 15.1. The third-order valence-electron chi connectivity index (χ3n) is 2.19. The van der Waals surface area contributed by atoms with Crippen molar-refractivity contribution in [3.05, 3.63) is 0 Å². The van der Waals surface area contributed by atoms with Crippen LogP contribution in [0.5, 0.6) is 0 Å². The van der Waals surface area contributed by atoms with Crippen molar-refractivity contribution >= 4 is 11.6 Å². The van der Waals surface area contributed by atoms with Gasteiger partial charge >= 0.3 is 0 Å². The fraction of sp³-hybridized carbons (Fsp3) is 0.857. The highest BCUT2D eigenvalue weighted by molar-refractivity contribution is 5.76. The first kappa shape index (κ1) is 25.3. The van der Waals surface area contributed by atoms with E-state index in [0.717, 1.165) is 0 Å². The van der Waals surface area contributed by atoms with Crippen LogP contribution in [0, 0.1) is 0 Å². The Morgan fingerprint density at radius 1 is 0.708 bits per heavy atom. The minimum atomic E-state index is -1.76. The van der Waals surface area contributed by atoms with Crippen LogP contribution in [0.4, 0.5) is 0 Å². The van der Waals surface area contributed by atoms with E-state index in [4.69, 9.17) is 25.5 Å². The minimum absolute atomic E-state index is 0.301. The van der Waals surface area contributed by atoms with Gasteiger partial charge in [-0.15, -0.1) is 0 Å². The van der Waals surface area contributed by atoms with E-state index < -0.39 is 17.2 Å². The van der Waals surface area contributed by atoms with E-state index in [1.807, 2.05) is 0 Å². The van der Waals surface area contributed by atoms with Gasteiger partial charge in [0.1, 0.15) is 11.6 Å². The van der Waals surface area contributed by atoms with E-state index in [9.17, 15) is 9.59 Å². The summed E-state index contributed by atoms with van der Waals surface area (Å²) in [5.41, 5.74) is -0.403. The van der Waals surface area contributed by atoms with Crippen LogP contribution in [-0.4, -0.2) is 44.5 Å². The second kappa shape index (κ2) is 10.8. The van der Waals surface area contributed by atoms with Crippen molar-refractivity contribution in [2.45, 2.75) is 78.5 Å². The summed E-state index contributed by atoms with van der Waals surface area (Å²) in [5.74, 6) is -4.17. The molecule has 10 heteroatoms. The van der Waals surface area contributed by atoms with Crippen LogP contribution in [-0.2, 0) is 34.0 Å². The Labute approximate surface area is 140 Å². The number of ketones is 2. The van der Waals surface area contributed by atoms with Crippen LogP contribution in [0.15, 0.2) is 0 Å². The number of carbonyl (C=O) groups is 2. The SMILES string of the molecule is CC(=O)CC(C)(OO)OOC(C)(CC(C)=O)OO.CC(C)(C)OO. The quantitative estimate of drug-likeness (QED) is 0.320. The summed E-state index contributed by atoms with van der Waals surface area (Å²) in [6.45, 7) is 10.3. The fourth-order valence-corrected chi connectivity index (χ4v) is 1.23. The molecule has 144 valence electrons. The first-order chi connectivity index (χ1) is 10.7. The van der Waals surface area contributed by atoms with Gasteiger partial charge in [-0.1, -0.05) is 0 Å². The van der Waals surface area contributed by atoms with E-state index in [1.54, 1.807) is 20.8 Å². The topological polar surface area (TPSA) is 141 Å². The molecule has 0 aromatic heterocycles. The minimum Gasteiger partial charge on any atom is -0.300 e. The summed E-state index contributed by atoms with van der Waals surface area (Å²) < 4.78 is 0. The molecule has 0 aliphatic rings. The molecule has 0 aromatic rings. The zero-order valence-corrected chi connectivity index (χ0v) is 15.1. The van der Waals surface area contributed by atoms with Gasteiger partial charge < -0.3 is 0 Å². The van der Waals surface area contributed by atoms with E-state index in [2.05, 4.69) is 14.7 Å². The fourth-order valence-electron chi connectivity index (χ4n) is 1.23. The average Bonchev–Trinajstić information content (AvgIpc) is 2.44. The Kier molecular flexibility index (Phi) is 11.4. The third-order valence-corrected chi connectivity index (χ3v) is 2.19. The third kappa shape index (κ3) is 13.5. The van der Waals surface area contributed by atoms with Crippen molar-refractivity contribution in [2.24, 2.45) is 0 Å². The Morgan fingerprint density at radius 3 is 1.08 bits per heavy atom. The first-order valence-corrected chi connectivity index (χ1v) is 7.06. The second-order valence-electron chi connectivity index (χ2n) is 6.58. The van der Waals surface area contributed by atoms with Gasteiger partial charge in [-0.25, -0.2) is 25.2 Å². The first-order valence-electron chi connectivity index (χ1n) is 7.06. The number of carbonyl (C=O) groups excluding carboxylic acids is 2. The molecular weight excluding hydrogens is 328 g/mol. The standard InChI is InChI=1S/C10H18O8.C4H10O2/c1-7(11)5-9(3,15-13)17-18-10(4,16-14)6-8(2)12;1-4(2,3)6-5/h13-14H,5-6H2,1-4H3;5H,1-3H3. The molecule has 0 radical (unpaired) electrons. The zero-order chi connectivity index (χ0) is 19.6. The van der Waals surface area contributed by atoms with Gasteiger partial charge in [0.2, 0.25) is 11.6 Å². The monoisotopic (exact) mass is 356 g/mol. The Bertz CT molecular complexity index is 362. The lowest BCUT2D eigenvalue weighted by molar-refractivity contribution is -0.563. The van der Waals surface area contributed by atoms with E-state index in [1.165, 1.54) is 27.7 Å². The molecule has 0 aliphatic heterocycles. The molecular formula is C14H28O10. The van der Waals surface area contributed by atoms with Crippen molar-refractivity contribution in [3.8, 4) is 0 Å². The molecule has 10 nitrogen and oxygen atoms in total. The van der Waals surface area contributed by atoms with Crippen LogP contribution in [0.1, 0.15) is 61.3 Å². The van der Waals surface area contributed by atoms with Crippen molar-refractivity contribution in [1.82, 2.24) is 0 Å². The molecule has 0 amide bonds. The molecule has 0 bridgehead atoms. The molecule has 0 saturated heterocycles. The Balaban J connectivity index is 0. The summed E-state index contributed by atoms with van der Waals surface area (Å²) in [6, 6.07) is 0. The Hall–Kier alpha value is -0.980. The van der Waals surface area contributed by atoms with E-state index in [0.29, 0.717) is 0 Å². The molecule has 0 aliphatic carbocycles. The van der Waals surface area contributed by atoms with Gasteiger partial charge in [0.05, 0.1) is 18.4 Å². The van der Waals surface area contributed by atoms with E-state index >= 15 is 0 Å². The number of rotatable bonds is 9. The van der Waals surface area contributed by atoms with Gasteiger partial charge in [-0.05, 0) is 48.5 Å². The predicted molar refractivity (Wildman–Crippen MR) is 80.5 cm³/mol. The van der Waals surface area contributed by atoms with Gasteiger partial charge in [-0.3, -0.25) is 14.8 Å². The maximum atomic E-state index is 10.9. The molecule has 2 atom stereocenters. The molecule has 0 spiro atoms. The van der Waals surface area contributed by atoms with E-state index in [-0.39, 0.29) is 24.4 Å². The molecule has 0 fully saturated rings. The Morgan fingerprint density at radius 2 is 0.958 bits per heavy atom. The smallest absolute Gasteiger partial charge is 0.237 e. The van der Waals surface area contributed by atoms with Crippen molar-refractivity contribution in [3.63, 3.8) is 0 Å². The second-order valence-corrected chi connectivity index (χ2v) is 6.58. The van der Waals surface area contributed by atoms with Crippen LogP contribution < -0.4 is 0 Å². The summed E-state index contributed by atoms with van der Waals surface area (Å²) in [6.07, 6.45) is -0.601. The molecule has 0 heterocycles. The van der Waals surface area contributed by atoms with Crippen molar-refractivity contribution in [2.75, 3.05) is 0 Å². The van der Waals surface area contributed by atoms with Gasteiger partial charge in [0.25, 0.3) is 0 Å². The van der Waals surface area contributed by atoms with Crippen LogP contribution in [0.3, 0.4) is 0 Å². The van der Waals surface area contributed by atoms with Gasteiger partial charge in [0, 0.05) is 0 Å². The molecule has 0 rings (SSSR count). The van der Waals surface area contributed by atoms with Crippen LogP contribution in [0.25, 0.3) is 0 Å². The molecule has 0 aromatic carbocycles. The molecule has 3 N–H and O–H groups in total. The van der Waals surface area contributed by atoms with Crippen LogP contribution >= 0.6 is 0 Å². The maximum Gasteiger partial charge on any atom is 0.237 e. The predicted octanol–water partition coefficient (Wildman–Crippen LogP) is 2.58. The lowest BCUT2D eigenvalue weighted by atomic mass is 10.1. The number of hydrogen-bond donors (Lipinski definition) is 3. The van der Waals surface area contributed by atoms with Crippen LogP contribution in [0.2, 0.25) is 0 Å². The molecule has 0 saturated carbocycles. The van der Waals surface area contributed by atoms with Crippen molar-refractivity contribution < 1.29 is 49.8 Å². The number of Topliss-reactive ketones (excluding diaryl/α,β-unsaturated/α-hetero) is 2. The summed E-state index contributed by atoms with van der Waals surface area (Å²) in [5, 5.41) is 25.2. The lowest BCUT2D eigenvalue weighted by Crippen LogP contribution is -2.41. The molecule has 24 heavy (non-hydrogen) atoms. The number of hydrogen-bond acceptors (Lipinski definition) is 10. The normalized spacial score (nSPS) is 16.4. The molecule has 2 unspecified atom stereocenters.